The number of carbonyl (C=O) groups is 1. The Morgan fingerprint density at radius 2 is 1.95 bits per heavy atom. The highest BCUT2D eigenvalue weighted by Crippen LogP contribution is 2.33. The average Bonchev–Trinajstić information content (AvgIpc) is 2.78. The van der Waals surface area contributed by atoms with Crippen LogP contribution in [0.3, 0.4) is 0 Å². The van der Waals surface area contributed by atoms with Gasteiger partial charge < -0.3 is 15.8 Å². The molecule has 19 heavy (non-hydrogen) atoms. The van der Waals surface area contributed by atoms with E-state index in [9.17, 15) is 4.79 Å². The molecule has 2 atom stereocenters. The smallest absolute Gasteiger partial charge is 0.250 e. The Kier molecular flexibility index (Phi) is 4.46. The highest BCUT2D eigenvalue weighted by atomic mass is 32.1. The normalized spacial score (nSPS) is 38.9. The van der Waals surface area contributed by atoms with Crippen molar-refractivity contribution in [3.8, 4) is 0 Å². The fourth-order valence-electron chi connectivity index (χ4n) is 3.03. The van der Waals surface area contributed by atoms with E-state index in [1.54, 1.807) is 0 Å². The highest BCUT2D eigenvalue weighted by molar-refractivity contribution is 7.80. The van der Waals surface area contributed by atoms with Crippen molar-refractivity contribution >= 4 is 23.1 Å². The molecule has 0 aromatic heterocycles. The molecular weight excluding hydrogens is 260 g/mol. The van der Waals surface area contributed by atoms with Gasteiger partial charge in [0.25, 0.3) is 0 Å². The van der Waals surface area contributed by atoms with Crippen molar-refractivity contribution < 1.29 is 9.53 Å². The van der Waals surface area contributed by atoms with Gasteiger partial charge in [-0.05, 0) is 43.9 Å². The second-order valence-corrected chi connectivity index (χ2v) is 6.62. The molecule has 3 N–H and O–H groups in total. The van der Waals surface area contributed by atoms with E-state index in [1.165, 1.54) is 0 Å². The third-order valence-corrected chi connectivity index (χ3v) is 5.00. The first kappa shape index (κ1) is 14.7. The third kappa shape index (κ3) is 3.08. The van der Waals surface area contributed by atoms with E-state index in [4.69, 9.17) is 22.7 Å². The molecule has 1 aliphatic carbocycles. The molecule has 0 bridgehead atoms. The van der Waals surface area contributed by atoms with Gasteiger partial charge in [-0.3, -0.25) is 4.79 Å². The second kappa shape index (κ2) is 5.75. The molecule has 5 heteroatoms. The van der Waals surface area contributed by atoms with Gasteiger partial charge in [-0.25, -0.2) is 0 Å². The largest absolute Gasteiger partial charge is 0.391 e. The van der Waals surface area contributed by atoms with Crippen LogP contribution in [0.1, 0.15) is 46.0 Å². The van der Waals surface area contributed by atoms with Crippen molar-refractivity contribution in [1.29, 1.82) is 0 Å². The fourth-order valence-corrected chi connectivity index (χ4v) is 3.28. The fraction of sp³-hybridized carbons (Fsp3) is 0.857. The van der Waals surface area contributed by atoms with Gasteiger partial charge in [0, 0.05) is 6.61 Å². The minimum absolute atomic E-state index is 0.0487. The maximum absolute atomic E-state index is 12.4. The molecule has 1 aliphatic heterocycles. The number of amides is 1. The average molecular weight is 284 g/mol. The highest BCUT2D eigenvalue weighted by Gasteiger charge is 2.41. The predicted molar refractivity (Wildman–Crippen MR) is 78.8 cm³/mol. The maximum Gasteiger partial charge on any atom is 0.250 e. The van der Waals surface area contributed by atoms with E-state index in [1.807, 2.05) is 6.92 Å². The lowest BCUT2D eigenvalue weighted by Gasteiger charge is -2.40. The van der Waals surface area contributed by atoms with Crippen LogP contribution in [0.5, 0.6) is 0 Å². The molecule has 1 saturated heterocycles. The molecule has 0 aromatic carbocycles. The predicted octanol–water partition coefficient (Wildman–Crippen LogP) is 1.76. The molecule has 2 fully saturated rings. The van der Waals surface area contributed by atoms with Gasteiger partial charge in [0.2, 0.25) is 5.91 Å². The van der Waals surface area contributed by atoms with Crippen LogP contribution in [-0.2, 0) is 9.53 Å². The van der Waals surface area contributed by atoms with E-state index >= 15 is 0 Å². The Labute approximate surface area is 120 Å². The van der Waals surface area contributed by atoms with E-state index < -0.39 is 5.54 Å². The molecule has 0 radical (unpaired) electrons. The summed E-state index contributed by atoms with van der Waals surface area (Å²) in [5.74, 6) is 0.902. The second-order valence-electron chi connectivity index (χ2n) is 6.18. The number of nitrogens with two attached hydrogens (primary N) is 1. The van der Waals surface area contributed by atoms with Crippen LogP contribution in [-0.4, -0.2) is 29.1 Å². The Hall–Kier alpha value is -0.680. The summed E-state index contributed by atoms with van der Waals surface area (Å²) in [6.07, 6.45) is 4.39. The van der Waals surface area contributed by atoms with Crippen LogP contribution >= 0.6 is 12.2 Å². The van der Waals surface area contributed by atoms with Gasteiger partial charge in [0.05, 0.1) is 10.5 Å². The van der Waals surface area contributed by atoms with Crippen LogP contribution in [0.25, 0.3) is 0 Å². The van der Waals surface area contributed by atoms with E-state index in [-0.39, 0.29) is 17.9 Å². The summed E-state index contributed by atoms with van der Waals surface area (Å²) in [5.41, 5.74) is 5.41. The van der Waals surface area contributed by atoms with Crippen molar-refractivity contribution in [3.05, 3.63) is 0 Å². The van der Waals surface area contributed by atoms with Gasteiger partial charge in [0.1, 0.15) is 6.10 Å². The van der Waals surface area contributed by atoms with Crippen LogP contribution < -0.4 is 11.1 Å². The number of carbonyl (C=O) groups excluding carboxylic acids is 1. The van der Waals surface area contributed by atoms with Gasteiger partial charge in [-0.2, -0.15) is 0 Å². The van der Waals surface area contributed by atoms with Crippen molar-refractivity contribution in [2.45, 2.75) is 57.6 Å². The Bertz CT molecular complexity index is 364. The lowest BCUT2D eigenvalue weighted by atomic mass is 9.77. The topological polar surface area (TPSA) is 64.3 Å². The van der Waals surface area contributed by atoms with E-state index in [0.29, 0.717) is 17.5 Å². The van der Waals surface area contributed by atoms with Crippen LogP contribution in [0.4, 0.5) is 0 Å². The Balaban J connectivity index is 2.04. The maximum atomic E-state index is 12.4. The van der Waals surface area contributed by atoms with Gasteiger partial charge in [0.15, 0.2) is 0 Å². The Morgan fingerprint density at radius 3 is 2.42 bits per heavy atom. The zero-order valence-electron chi connectivity index (χ0n) is 11.8. The van der Waals surface area contributed by atoms with Crippen molar-refractivity contribution in [3.63, 3.8) is 0 Å². The van der Waals surface area contributed by atoms with Crippen molar-refractivity contribution in [2.75, 3.05) is 6.61 Å². The Morgan fingerprint density at radius 1 is 1.32 bits per heavy atom. The number of hydrogen-bond donors (Lipinski definition) is 2. The summed E-state index contributed by atoms with van der Waals surface area (Å²) in [4.78, 5) is 12.8. The van der Waals surface area contributed by atoms with Crippen molar-refractivity contribution in [2.24, 2.45) is 17.6 Å². The van der Waals surface area contributed by atoms with Gasteiger partial charge in [-0.15, -0.1) is 0 Å². The number of thiocarbonyl (C=S) groups is 1. The molecule has 1 heterocycles. The first-order valence-electron chi connectivity index (χ1n) is 7.18. The van der Waals surface area contributed by atoms with Crippen LogP contribution in [0.2, 0.25) is 0 Å². The minimum Gasteiger partial charge on any atom is -0.391 e. The summed E-state index contributed by atoms with van der Waals surface area (Å²) < 4.78 is 5.52. The van der Waals surface area contributed by atoms with E-state index in [0.717, 1.165) is 32.1 Å². The van der Waals surface area contributed by atoms with Crippen LogP contribution in [0, 0.1) is 11.8 Å². The summed E-state index contributed by atoms with van der Waals surface area (Å²) >= 11 is 5.21. The number of hydrogen-bond acceptors (Lipinski definition) is 3. The van der Waals surface area contributed by atoms with Crippen molar-refractivity contribution in [1.82, 2.24) is 5.32 Å². The first-order valence-corrected chi connectivity index (χ1v) is 7.59. The zero-order chi connectivity index (χ0) is 14.0. The summed E-state index contributed by atoms with van der Waals surface area (Å²) in [7, 11) is 0. The molecule has 108 valence electrons. The van der Waals surface area contributed by atoms with E-state index in [2.05, 4.69) is 12.2 Å². The molecular formula is C14H24N2O2S. The molecule has 2 rings (SSSR count). The van der Waals surface area contributed by atoms with Gasteiger partial charge >= 0.3 is 0 Å². The lowest BCUT2D eigenvalue weighted by molar-refractivity contribution is -0.133. The minimum atomic E-state index is -0.495. The zero-order valence-corrected chi connectivity index (χ0v) is 12.6. The number of ether oxygens (including phenoxy) is 1. The molecule has 4 nitrogen and oxygen atoms in total. The van der Waals surface area contributed by atoms with Gasteiger partial charge in [-0.1, -0.05) is 26.1 Å². The van der Waals surface area contributed by atoms with Crippen LogP contribution in [0.15, 0.2) is 0 Å². The molecule has 2 unspecified atom stereocenters. The monoisotopic (exact) mass is 284 g/mol. The summed E-state index contributed by atoms with van der Waals surface area (Å²) in [6.45, 7) is 4.94. The third-order valence-electron chi connectivity index (χ3n) is 4.61. The molecule has 2 aliphatic rings. The molecule has 0 spiro atoms. The number of nitrogens with one attached hydrogen (secondary N) is 1. The molecule has 0 aromatic rings. The lowest BCUT2D eigenvalue weighted by Crippen LogP contribution is -2.60. The molecule has 1 saturated carbocycles. The quantitative estimate of drug-likeness (QED) is 0.775. The molecule has 1 amide bonds. The summed E-state index contributed by atoms with van der Waals surface area (Å²) in [6, 6.07) is 0. The summed E-state index contributed by atoms with van der Waals surface area (Å²) in [5, 5.41) is 3.09. The number of rotatable bonds is 3. The SMILES string of the molecule is CC1CCC(NC(=O)C2OCCC2C)(C(N)=S)CC1. The standard InChI is InChI=1S/C14H24N2O2S/c1-9-3-6-14(7-4-9,13(15)19)16-12(17)11-10(2)5-8-18-11/h9-11H,3-8H2,1-2H3,(H2,15,19)(H,16,17). The first-order chi connectivity index (χ1) is 8.94.